The SMILES string of the molecule is CCCCCCCCSC(C)C(=O)OCCOC(=O)CCN(CCCN1CCN(C)CC1)CCC(=O)OCCOC(=O)C(C)SCCCCCCCC. The van der Waals surface area contributed by atoms with Crippen molar-refractivity contribution in [2.45, 2.75) is 135 Å². The molecule has 1 fully saturated rings. The minimum atomic E-state index is -0.362. The molecule has 1 saturated heterocycles. The molecule has 53 heavy (non-hydrogen) atoms. The summed E-state index contributed by atoms with van der Waals surface area (Å²) in [6, 6.07) is 0. The van der Waals surface area contributed by atoms with E-state index < -0.39 is 0 Å². The minimum Gasteiger partial charge on any atom is -0.462 e. The zero-order valence-electron chi connectivity index (χ0n) is 34.1. The Morgan fingerprint density at radius 3 is 1.43 bits per heavy atom. The van der Waals surface area contributed by atoms with Crippen LogP contribution in [0.5, 0.6) is 0 Å². The van der Waals surface area contributed by atoms with Crippen molar-refractivity contribution >= 4 is 47.4 Å². The van der Waals surface area contributed by atoms with E-state index in [4.69, 9.17) is 18.9 Å². The highest BCUT2D eigenvalue weighted by Crippen LogP contribution is 2.17. The van der Waals surface area contributed by atoms with Crippen molar-refractivity contribution in [3.05, 3.63) is 0 Å². The number of thioether (sulfide) groups is 2. The van der Waals surface area contributed by atoms with Gasteiger partial charge in [0.1, 0.15) is 26.4 Å². The first-order valence-electron chi connectivity index (χ1n) is 20.7. The molecule has 13 heteroatoms. The molecule has 2 unspecified atom stereocenters. The Morgan fingerprint density at radius 1 is 0.566 bits per heavy atom. The lowest BCUT2D eigenvalue weighted by Crippen LogP contribution is -2.45. The largest absolute Gasteiger partial charge is 0.462 e. The van der Waals surface area contributed by atoms with Crippen LogP contribution in [0.2, 0.25) is 0 Å². The normalized spacial score (nSPS) is 14.9. The van der Waals surface area contributed by atoms with E-state index in [1.54, 1.807) is 23.5 Å². The van der Waals surface area contributed by atoms with Gasteiger partial charge in [0.2, 0.25) is 0 Å². The van der Waals surface area contributed by atoms with Crippen LogP contribution in [-0.4, -0.2) is 146 Å². The van der Waals surface area contributed by atoms with E-state index in [-0.39, 0.29) is 73.6 Å². The predicted octanol–water partition coefficient (Wildman–Crippen LogP) is 6.84. The van der Waals surface area contributed by atoms with Crippen LogP contribution in [0.25, 0.3) is 0 Å². The standard InChI is InChI=1S/C40H75N3O8S2/c1-6-8-10-12-14-16-33-52-35(3)39(46)50-31-29-48-37(44)19-23-42(21-18-22-43-27-25-41(5)26-28-43)24-20-38(45)49-30-32-51-40(47)36(4)53-34-17-15-13-11-9-7-2/h35-36H,6-34H2,1-5H3. The maximum absolute atomic E-state index is 12.5. The zero-order chi connectivity index (χ0) is 38.9. The molecule has 0 saturated carbocycles. The topological polar surface area (TPSA) is 115 Å². The van der Waals surface area contributed by atoms with E-state index in [9.17, 15) is 19.2 Å². The Bertz CT molecular complexity index is 895. The molecule has 1 aliphatic heterocycles. The Hall–Kier alpha value is -1.54. The van der Waals surface area contributed by atoms with Gasteiger partial charge >= 0.3 is 23.9 Å². The summed E-state index contributed by atoms with van der Waals surface area (Å²) < 4.78 is 21.4. The maximum atomic E-state index is 12.5. The first-order chi connectivity index (χ1) is 25.7. The lowest BCUT2D eigenvalue weighted by molar-refractivity contribution is -0.152. The van der Waals surface area contributed by atoms with Gasteiger partial charge in [0.15, 0.2) is 0 Å². The molecule has 0 spiro atoms. The number of ether oxygens (including phenoxy) is 4. The van der Waals surface area contributed by atoms with Crippen LogP contribution in [0.15, 0.2) is 0 Å². The fraction of sp³-hybridized carbons (Fsp3) is 0.900. The number of carbonyl (C=O) groups excluding carboxylic acids is 4. The van der Waals surface area contributed by atoms with Crippen molar-refractivity contribution in [3.8, 4) is 0 Å². The smallest absolute Gasteiger partial charge is 0.318 e. The molecular formula is C40H75N3O8S2. The number of unbranched alkanes of at least 4 members (excludes halogenated alkanes) is 10. The molecule has 1 aliphatic rings. The van der Waals surface area contributed by atoms with Crippen LogP contribution in [0.4, 0.5) is 0 Å². The van der Waals surface area contributed by atoms with Crippen molar-refractivity contribution in [1.82, 2.24) is 14.7 Å². The molecule has 0 aromatic rings. The third kappa shape index (κ3) is 28.5. The molecule has 11 nitrogen and oxygen atoms in total. The van der Waals surface area contributed by atoms with Gasteiger partial charge in [-0.1, -0.05) is 78.1 Å². The molecule has 1 heterocycles. The van der Waals surface area contributed by atoms with Gasteiger partial charge in [0.25, 0.3) is 0 Å². The highest BCUT2D eigenvalue weighted by atomic mass is 32.2. The number of hydrogen-bond acceptors (Lipinski definition) is 13. The number of esters is 4. The van der Waals surface area contributed by atoms with Crippen LogP contribution in [0.3, 0.4) is 0 Å². The van der Waals surface area contributed by atoms with Crippen LogP contribution < -0.4 is 0 Å². The molecule has 0 radical (unpaired) electrons. The molecular weight excluding hydrogens is 715 g/mol. The number of carbonyl (C=O) groups is 4. The minimum absolute atomic E-state index is 0.0241. The highest BCUT2D eigenvalue weighted by molar-refractivity contribution is 8.00. The first-order valence-corrected chi connectivity index (χ1v) is 22.8. The molecule has 0 aromatic heterocycles. The quantitative estimate of drug-likeness (QED) is 0.0385. The van der Waals surface area contributed by atoms with Gasteiger partial charge in [-0.15, -0.1) is 23.5 Å². The van der Waals surface area contributed by atoms with Crippen LogP contribution in [-0.2, 0) is 38.1 Å². The number of piperazine rings is 1. The molecule has 0 aliphatic carbocycles. The van der Waals surface area contributed by atoms with Crippen LogP contribution >= 0.6 is 23.5 Å². The maximum Gasteiger partial charge on any atom is 0.318 e. The Labute approximate surface area is 331 Å². The number of hydrogen-bond donors (Lipinski definition) is 0. The fourth-order valence-corrected chi connectivity index (χ4v) is 7.68. The summed E-state index contributed by atoms with van der Waals surface area (Å²) in [6.45, 7) is 15.1. The Kier molecular flexibility index (Phi) is 31.5. The Balaban J connectivity index is 2.33. The number of likely N-dealkylation sites (N-methyl/N-ethyl adjacent to an activating group) is 1. The van der Waals surface area contributed by atoms with Gasteiger partial charge in [0, 0.05) is 39.3 Å². The van der Waals surface area contributed by atoms with Crippen molar-refractivity contribution in [1.29, 1.82) is 0 Å². The fourth-order valence-electron chi connectivity index (χ4n) is 5.82. The zero-order valence-corrected chi connectivity index (χ0v) is 35.7. The van der Waals surface area contributed by atoms with Gasteiger partial charge < -0.3 is 33.6 Å². The van der Waals surface area contributed by atoms with Gasteiger partial charge in [-0.05, 0) is 64.8 Å². The van der Waals surface area contributed by atoms with E-state index in [2.05, 4.69) is 35.6 Å². The third-order valence-electron chi connectivity index (χ3n) is 9.39. The van der Waals surface area contributed by atoms with Crippen molar-refractivity contribution < 1.29 is 38.1 Å². The molecule has 310 valence electrons. The lowest BCUT2D eigenvalue weighted by atomic mass is 10.1. The lowest BCUT2D eigenvalue weighted by Gasteiger charge is -2.33. The van der Waals surface area contributed by atoms with Crippen LogP contribution in [0.1, 0.15) is 124 Å². The predicted molar refractivity (Wildman–Crippen MR) is 219 cm³/mol. The summed E-state index contributed by atoms with van der Waals surface area (Å²) in [5.74, 6) is 0.601. The summed E-state index contributed by atoms with van der Waals surface area (Å²) in [5.41, 5.74) is 0. The summed E-state index contributed by atoms with van der Waals surface area (Å²) in [6.07, 6.45) is 16.0. The summed E-state index contributed by atoms with van der Waals surface area (Å²) in [7, 11) is 2.14. The number of nitrogens with zero attached hydrogens (tertiary/aromatic N) is 3. The molecule has 0 N–H and O–H groups in total. The van der Waals surface area contributed by atoms with E-state index in [0.29, 0.717) is 13.1 Å². The van der Waals surface area contributed by atoms with Crippen molar-refractivity contribution in [2.24, 2.45) is 0 Å². The van der Waals surface area contributed by atoms with Crippen LogP contribution in [0, 0.1) is 0 Å². The molecule has 0 bridgehead atoms. The second-order valence-corrected chi connectivity index (χ2v) is 17.1. The van der Waals surface area contributed by atoms with Gasteiger partial charge in [0.05, 0.1) is 23.3 Å². The van der Waals surface area contributed by atoms with E-state index >= 15 is 0 Å². The van der Waals surface area contributed by atoms with Gasteiger partial charge in [-0.25, -0.2) is 0 Å². The summed E-state index contributed by atoms with van der Waals surface area (Å²) >= 11 is 3.22. The van der Waals surface area contributed by atoms with E-state index in [1.807, 2.05) is 13.8 Å². The highest BCUT2D eigenvalue weighted by Gasteiger charge is 2.18. The molecule has 2 atom stereocenters. The second-order valence-electron chi connectivity index (χ2n) is 14.2. The van der Waals surface area contributed by atoms with Gasteiger partial charge in [-0.3, -0.25) is 19.2 Å². The first kappa shape index (κ1) is 49.5. The average molecular weight is 790 g/mol. The van der Waals surface area contributed by atoms with E-state index in [0.717, 1.165) is 70.0 Å². The monoisotopic (exact) mass is 789 g/mol. The van der Waals surface area contributed by atoms with Gasteiger partial charge in [-0.2, -0.15) is 0 Å². The molecule has 1 rings (SSSR count). The van der Waals surface area contributed by atoms with E-state index in [1.165, 1.54) is 64.2 Å². The summed E-state index contributed by atoms with van der Waals surface area (Å²) in [5, 5.41) is -0.482. The molecule has 0 amide bonds. The van der Waals surface area contributed by atoms with Crippen molar-refractivity contribution in [3.63, 3.8) is 0 Å². The average Bonchev–Trinajstić information content (AvgIpc) is 3.15. The summed E-state index contributed by atoms with van der Waals surface area (Å²) in [4.78, 5) is 56.6. The second kappa shape index (κ2) is 33.8. The Morgan fingerprint density at radius 2 is 0.981 bits per heavy atom. The number of rotatable bonds is 34. The third-order valence-corrected chi connectivity index (χ3v) is 11.8. The molecule has 0 aromatic carbocycles. The van der Waals surface area contributed by atoms with Crippen molar-refractivity contribution in [2.75, 3.05) is 97.3 Å².